The van der Waals surface area contributed by atoms with Gasteiger partial charge in [-0.25, -0.2) is 16.8 Å². The molecule has 25 heavy (non-hydrogen) atoms. The van der Waals surface area contributed by atoms with Crippen LogP contribution < -0.4 is 4.72 Å². The predicted molar refractivity (Wildman–Crippen MR) is 95.8 cm³/mol. The molecule has 0 bridgehead atoms. The Morgan fingerprint density at radius 3 is 2.56 bits per heavy atom. The Bertz CT molecular complexity index is 1260. The third-order valence-electron chi connectivity index (χ3n) is 4.29. The van der Waals surface area contributed by atoms with Crippen LogP contribution in [0.5, 0.6) is 0 Å². The lowest BCUT2D eigenvalue weighted by Crippen LogP contribution is -2.20. The molecule has 0 amide bonds. The lowest BCUT2D eigenvalue weighted by Gasteiger charge is -2.24. The highest BCUT2D eigenvalue weighted by molar-refractivity contribution is 7.93. The number of hydrogen-bond donors (Lipinski definition) is 1. The number of hydrogen-bond acceptors (Lipinski definition) is 5. The second-order valence-corrected chi connectivity index (χ2v) is 9.72. The molecule has 0 unspecified atom stereocenters. The van der Waals surface area contributed by atoms with Gasteiger partial charge in [-0.05, 0) is 42.8 Å². The van der Waals surface area contributed by atoms with Crippen molar-refractivity contribution < 1.29 is 16.8 Å². The summed E-state index contributed by atoms with van der Waals surface area (Å²) in [5.74, 6) is 0. The maximum absolute atomic E-state index is 12.6. The molecule has 128 valence electrons. The Morgan fingerprint density at radius 2 is 1.84 bits per heavy atom. The second-order valence-electron chi connectivity index (χ2n) is 6.05. The van der Waals surface area contributed by atoms with Gasteiger partial charge in [-0.2, -0.15) is 0 Å². The Balaban J connectivity index is 2.17. The van der Waals surface area contributed by atoms with E-state index in [1.165, 1.54) is 18.2 Å². The van der Waals surface area contributed by atoms with Gasteiger partial charge in [0.1, 0.15) is 0 Å². The van der Waals surface area contributed by atoms with Crippen molar-refractivity contribution in [3.63, 3.8) is 0 Å². The van der Waals surface area contributed by atoms with Crippen LogP contribution in [0.25, 0.3) is 22.0 Å². The Morgan fingerprint density at radius 1 is 1.08 bits per heavy atom. The Hall–Kier alpha value is -2.45. The van der Waals surface area contributed by atoms with E-state index in [-0.39, 0.29) is 9.79 Å². The summed E-state index contributed by atoms with van der Waals surface area (Å²) in [7, 11) is -7.27. The number of fused-ring (bicyclic) bond motifs is 5. The van der Waals surface area contributed by atoms with Crippen LogP contribution in [0.2, 0.25) is 0 Å². The molecule has 0 spiro atoms. The van der Waals surface area contributed by atoms with Crippen molar-refractivity contribution in [2.45, 2.75) is 16.7 Å². The number of nitrogens with zero attached hydrogens (tertiary/aromatic N) is 1. The summed E-state index contributed by atoms with van der Waals surface area (Å²) in [4.78, 5) is 4.45. The van der Waals surface area contributed by atoms with Crippen molar-refractivity contribution in [2.24, 2.45) is 0 Å². The normalized spacial score (nSPS) is 15.3. The molecule has 0 radical (unpaired) electrons. The van der Waals surface area contributed by atoms with Gasteiger partial charge in [-0.15, -0.1) is 0 Å². The number of anilines is 1. The van der Waals surface area contributed by atoms with Crippen molar-refractivity contribution in [3.8, 4) is 11.1 Å². The third-order valence-corrected chi connectivity index (χ3v) is 6.81. The number of benzene rings is 2. The molecular formula is C17H14N2O4S2. The smallest absolute Gasteiger partial charge is 0.262 e. The van der Waals surface area contributed by atoms with E-state index in [1.807, 2.05) is 19.1 Å². The first-order valence-corrected chi connectivity index (χ1v) is 10.8. The molecule has 1 N–H and O–H groups in total. The van der Waals surface area contributed by atoms with E-state index >= 15 is 0 Å². The topological polar surface area (TPSA) is 93.2 Å². The van der Waals surface area contributed by atoms with E-state index in [4.69, 9.17) is 0 Å². The lowest BCUT2D eigenvalue weighted by molar-refractivity contribution is 0.597. The number of pyridine rings is 1. The van der Waals surface area contributed by atoms with Crippen LogP contribution in [0.3, 0.4) is 0 Å². The molecule has 3 aromatic rings. The zero-order chi connectivity index (χ0) is 18.0. The number of sulfone groups is 1. The number of rotatable bonds is 1. The van der Waals surface area contributed by atoms with Crippen LogP contribution in [-0.2, 0) is 19.9 Å². The summed E-state index contributed by atoms with van der Waals surface area (Å²) in [6.45, 7) is 1.91. The molecule has 0 aliphatic carbocycles. The largest absolute Gasteiger partial charge is 0.277 e. The van der Waals surface area contributed by atoms with Gasteiger partial charge in [0.2, 0.25) is 0 Å². The minimum atomic E-state index is -3.81. The highest BCUT2D eigenvalue weighted by atomic mass is 32.2. The van der Waals surface area contributed by atoms with Crippen LogP contribution in [0.4, 0.5) is 5.69 Å². The molecule has 2 heterocycles. The third kappa shape index (κ3) is 2.40. The van der Waals surface area contributed by atoms with Gasteiger partial charge in [-0.1, -0.05) is 6.07 Å². The van der Waals surface area contributed by atoms with Crippen molar-refractivity contribution in [3.05, 3.63) is 48.2 Å². The molecule has 0 saturated heterocycles. The molecule has 4 rings (SSSR count). The van der Waals surface area contributed by atoms with Crippen LogP contribution in [0, 0.1) is 6.92 Å². The first kappa shape index (κ1) is 16.0. The zero-order valence-corrected chi connectivity index (χ0v) is 15.1. The number of nitrogens with one attached hydrogen (secondary N) is 1. The SMILES string of the molecule is Cc1cc2c(c3ncccc13)NS(=O)(=O)c1ccc(S(C)(=O)=O)cc1-2. The van der Waals surface area contributed by atoms with Gasteiger partial charge >= 0.3 is 0 Å². The van der Waals surface area contributed by atoms with Crippen molar-refractivity contribution in [2.75, 3.05) is 11.0 Å². The Labute approximate surface area is 145 Å². The number of aryl methyl sites for hydroxylation is 1. The zero-order valence-electron chi connectivity index (χ0n) is 13.4. The number of sulfonamides is 1. The van der Waals surface area contributed by atoms with Crippen LogP contribution >= 0.6 is 0 Å². The highest BCUT2D eigenvalue weighted by Gasteiger charge is 2.30. The maximum atomic E-state index is 12.6. The quantitative estimate of drug-likeness (QED) is 0.707. The molecule has 1 aliphatic rings. The molecule has 1 aromatic heterocycles. The van der Waals surface area contributed by atoms with E-state index < -0.39 is 19.9 Å². The summed E-state index contributed by atoms with van der Waals surface area (Å²) < 4.78 is 51.6. The van der Waals surface area contributed by atoms with E-state index in [2.05, 4.69) is 9.71 Å². The standard InChI is InChI=1S/C17H14N2O4S2/c1-10-8-14-13-9-11(24(2,20)21)5-6-15(13)25(22,23)19-17(14)16-12(10)4-3-7-18-16/h3-9,19H,1-2H3. The summed E-state index contributed by atoms with van der Waals surface area (Å²) in [5, 5.41) is 0.840. The fraction of sp³-hybridized carbons (Fsp3) is 0.118. The van der Waals surface area contributed by atoms with Crippen LogP contribution in [0.15, 0.2) is 52.4 Å². The second kappa shape index (κ2) is 5.03. The molecule has 1 aliphatic heterocycles. The van der Waals surface area contributed by atoms with Gasteiger partial charge in [0.15, 0.2) is 9.84 Å². The van der Waals surface area contributed by atoms with E-state index in [0.717, 1.165) is 17.2 Å². The predicted octanol–water partition coefficient (Wildman–Crippen LogP) is 2.73. The minimum Gasteiger partial charge on any atom is -0.277 e. The first-order chi connectivity index (χ1) is 11.7. The average molecular weight is 374 g/mol. The lowest BCUT2D eigenvalue weighted by atomic mass is 9.97. The van der Waals surface area contributed by atoms with Crippen molar-refractivity contribution in [1.29, 1.82) is 0 Å². The first-order valence-electron chi connectivity index (χ1n) is 7.44. The average Bonchev–Trinajstić information content (AvgIpc) is 2.55. The van der Waals surface area contributed by atoms with Crippen LogP contribution in [0.1, 0.15) is 5.56 Å². The highest BCUT2D eigenvalue weighted by Crippen LogP contribution is 2.44. The fourth-order valence-electron chi connectivity index (χ4n) is 3.11. The molecule has 2 aromatic carbocycles. The van der Waals surface area contributed by atoms with Gasteiger partial charge in [0.05, 0.1) is 21.0 Å². The fourth-order valence-corrected chi connectivity index (χ4v) is 5.04. The van der Waals surface area contributed by atoms with Crippen molar-refractivity contribution in [1.82, 2.24) is 4.98 Å². The molecular weight excluding hydrogens is 360 g/mol. The molecule has 0 fully saturated rings. The van der Waals surface area contributed by atoms with Gasteiger partial charge in [-0.3, -0.25) is 9.71 Å². The summed E-state index contributed by atoms with van der Waals surface area (Å²) in [6, 6.07) is 9.56. The van der Waals surface area contributed by atoms with E-state index in [0.29, 0.717) is 22.3 Å². The van der Waals surface area contributed by atoms with Crippen molar-refractivity contribution >= 4 is 36.5 Å². The molecule has 8 heteroatoms. The van der Waals surface area contributed by atoms with Gasteiger partial charge in [0, 0.05) is 29.0 Å². The molecule has 0 atom stereocenters. The number of aromatic nitrogens is 1. The van der Waals surface area contributed by atoms with E-state index in [9.17, 15) is 16.8 Å². The Kier molecular flexibility index (Phi) is 3.23. The summed E-state index contributed by atoms with van der Waals surface area (Å²) in [6.07, 6.45) is 2.69. The molecule has 6 nitrogen and oxygen atoms in total. The van der Waals surface area contributed by atoms with Crippen LogP contribution in [-0.4, -0.2) is 28.1 Å². The van der Waals surface area contributed by atoms with E-state index in [1.54, 1.807) is 12.3 Å². The van der Waals surface area contributed by atoms with Gasteiger partial charge < -0.3 is 0 Å². The molecule has 0 saturated carbocycles. The summed E-state index contributed by atoms with van der Waals surface area (Å²) >= 11 is 0. The summed E-state index contributed by atoms with van der Waals surface area (Å²) in [5.41, 5.74) is 2.83. The monoisotopic (exact) mass is 374 g/mol. The minimum absolute atomic E-state index is 0.0575. The van der Waals surface area contributed by atoms with Gasteiger partial charge in [0.25, 0.3) is 10.0 Å². The maximum Gasteiger partial charge on any atom is 0.262 e.